The molecule has 0 unspecified atom stereocenters. The van der Waals surface area contributed by atoms with Gasteiger partial charge < -0.3 is 14.7 Å². The molecule has 2 amide bonds. The predicted octanol–water partition coefficient (Wildman–Crippen LogP) is 0.596. The smallest absolute Gasteiger partial charge is 0.272 e. The predicted molar refractivity (Wildman–Crippen MR) is 79.2 cm³/mol. The van der Waals surface area contributed by atoms with Crippen LogP contribution in [0, 0.1) is 0 Å². The molecule has 0 spiro atoms. The number of carbonyl (C=O) groups is 2. The van der Waals surface area contributed by atoms with E-state index in [2.05, 4.69) is 9.88 Å². The summed E-state index contributed by atoms with van der Waals surface area (Å²) in [7, 11) is 0. The second-order valence-electron chi connectivity index (χ2n) is 5.53. The van der Waals surface area contributed by atoms with E-state index in [1.807, 2.05) is 12.1 Å². The van der Waals surface area contributed by atoms with E-state index in [1.165, 1.54) is 12.8 Å². The first-order chi connectivity index (χ1) is 10.3. The summed E-state index contributed by atoms with van der Waals surface area (Å²) in [6.07, 6.45) is 5.08. The molecule has 112 valence electrons. The number of amides is 2. The lowest BCUT2D eigenvalue weighted by molar-refractivity contribution is -0.119. The van der Waals surface area contributed by atoms with Gasteiger partial charge in [0.25, 0.3) is 5.91 Å². The fraction of sp³-hybridized carbons (Fsp3) is 0.533. The Bertz CT molecular complexity index is 503. The van der Waals surface area contributed by atoms with Crippen molar-refractivity contribution in [2.75, 3.05) is 44.2 Å². The van der Waals surface area contributed by atoms with Crippen LogP contribution in [0.3, 0.4) is 0 Å². The summed E-state index contributed by atoms with van der Waals surface area (Å²) >= 11 is 0. The summed E-state index contributed by atoms with van der Waals surface area (Å²) in [5.74, 6) is -0.0477. The van der Waals surface area contributed by atoms with Crippen LogP contribution in [0.25, 0.3) is 0 Å². The number of nitrogens with zero attached hydrogens (tertiary/aromatic N) is 4. The highest BCUT2D eigenvalue weighted by Crippen LogP contribution is 2.19. The molecule has 6 heteroatoms. The summed E-state index contributed by atoms with van der Waals surface area (Å²) in [5, 5.41) is 0. The molecule has 0 atom stereocenters. The molecule has 3 rings (SSSR count). The normalized spacial score (nSPS) is 19.0. The zero-order valence-corrected chi connectivity index (χ0v) is 12.1. The first kappa shape index (κ1) is 13.9. The van der Waals surface area contributed by atoms with E-state index in [9.17, 15) is 9.59 Å². The number of aromatic nitrogens is 1. The summed E-state index contributed by atoms with van der Waals surface area (Å²) in [6, 6.07) is 3.79. The number of carbonyl (C=O) groups excluding carboxylic acids is 2. The molecule has 2 aliphatic heterocycles. The van der Waals surface area contributed by atoms with E-state index in [0.29, 0.717) is 31.9 Å². The summed E-state index contributed by atoms with van der Waals surface area (Å²) in [6.45, 7) is 4.49. The third-order valence-corrected chi connectivity index (χ3v) is 4.19. The summed E-state index contributed by atoms with van der Waals surface area (Å²) < 4.78 is 0. The highest BCUT2D eigenvalue weighted by Gasteiger charge is 2.22. The van der Waals surface area contributed by atoms with Gasteiger partial charge in [-0.25, -0.2) is 4.98 Å². The number of rotatable bonds is 3. The Kier molecular flexibility index (Phi) is 4.03. The van der Waals surface area contributed by atoms with Gasteiger partial charge in [-0.1, -0.05) is 0 Å². The van der Waals surface area contributed by atoms with Crippen LogP contribution in [-0.4, -0.2) is 66.4 Å². The second-order valence-corrected chi connectivity index (χ2v) is 5.53. The van der Waals surface area contributed by atoms with Gasteiger partial charge >= 0.3 is 0 Å². The van der Waals surface area contributed by atoms with Crippen LogP contribution in [0.4, 0.5) is 5.69 Å². The highest BCUT2D eigenvalue weighted by molar-refractivity contribution is 5.92. The molecular weight excluding hydrogens is 268 g/mol. The molecule has 2 fully saturated rings. The Morgan fingerprint density at radius 1 is 1.05 bits per heavy atom. The molecule has 1 aromatic heterocycles. The van der Waals surface area contributed by atoms with Crippen LogP contribution in [0.5, 0.6) is 0 Å². The zero-order valence-electron chi connectivity index (χ0n) is 12.1. The minimum absolute atomic E-state index is 0.0477. The van der Waals surface area contributed by atoms with Gasteiger partial charge in [-0.15, -0.1) is 0 Å². The molecule has 0 bridgehead atoms. The van der Waals surface area contributed by atoms with Gasteiger partial charge in [-0.2, -0.15) is 0 Å². The number of hydrogen-bond donors (Lipinski definition) is 0. The van der Waals surface area contributed by atoms with Crippen LogP contribution in [0.1, 0.15) is 23.3 Å². The first-order valence-corrected chi connectivity index (χ1v) is 7.47. The molecule has 3 heterocycles. The maximum atomic E-state index is 12.4. The van der Waals surface area contributed by atoms with E-state index in [-0.39, 0.29) is 5.91 Å². The quantitative estimate of drug-likeness (QED) is 0.764. The third-order valence-electron chi connectivity index (χ3n) is 4.19. The van der Waals surface area contributed by atoms with E-state index in [1.54, 1.807) is 16.0 Å². The Morgan fingerprint density at radius 3 is 2.33 bits per heavy atom. The SMILES string of the molecule is O=CN1CCN(C(=O)c2ccc(N3CCCC3)cn2)CC1. The molecule has 2 aliphatic rings. The van der Waals surface area contributed by atoms with Crippen molar-refractivity contribution in [3.8, 4) is 0 Å². The molecule has 0 radical (unpaired) electrons. The Balaban J connectivity index is 1.63. The van der Waals surface area contributed by atoms with Crippen molar-refractivity contribution in [1.29, 1.82) is 0 Å². The lowest BCUT2D eigenvalue weighted by Gasteiger charge is -2.32. The molecule has 0 aliphatic carbocycles. The van der Waals surface area contributed by atoms with Crippen LogP contribution >= 0.6 is 0 Å². The number of anilines is 1. The van der Waals surface area contributed by atoms with E-state index >= 15 is 0 Å². The Morgan fingerprint density at radius 2 is 1.76 bits per heavy atom. The lowest BCUT2D eigenvalue weighted by Crippen LogP contribution is -2.48. The number of piperazine rings is 1. The van der Waals surface area contributed by atoms with Crippen LogP contribution in [-0.2, 0) is 4.79 Å². The number of pyridine rings is 1. The number of hydrogen-bond acceptors (Lipinski definition) is 4. The van der Waals surface area contributed by atoms with Crippen LogP contribution < -0.4 is 4.90 Å². The van der Waals surface area contributed by atoms with E-state index in [4.69, 9.17) is 0 Å². The maximum absolute atomic E-state index is 12.4. The fourth-order valence-electron chi connectivity index (χ4n) is 2.87. The van der Waals surface area contributed by atoms with Crippen molar-refractivity contribution in [3.63, 3.8) is 0 Å². The third kappa shape index (κ3) is 2.99. The van der Waals surface area contributed by atoms with E-state index in [0.717, 1.165) is 25.2 Å². The molecule has 2 saturated heterocycles. The minimum atomic E-state index is -0.0477. The van der Waals surface area contributed by atoms with Crippen molar-refractivity contribution in [2.24, 2.45) is 0 Å². The lowest BCUT2D eigenvalue weighted by atomic mass is 10.2. The molecule has 6 nitrogen and oxygen atoms in total. The molecular formula is C15H20N4O2. The largest absolute Gasteiger partial charge is 0.370 e. The first-order valence-electron chi connectivity index (χ1n) is 7.47. The molecule has 0 aromatic carbocycles. The second kappa shape index (κ2) is 6.11. The van der Waals surface area contributed by atoms with Gasteiger partial charge in [0.1, 0.15) is 5.69 Å². The Labute approximate surface area is 124 Å². The summed E-state index contributed by atoms with van der Waals surface area (Å²) in [4.78, 5) is 33.1. The standard InChI is InChI=1S/C15H20N4O2/c20-12-17-7-9-19(10-8-17)15(21)14-4-3-13(11-16-14)18-5-1-2-6-18/h3-4,11-12H,1-2,5-10H2. The van der Waals surface area contributed by atoms with Crippen molar-refractivity contribution in [3.05, 3.63) is 24.0 Å². The average molecular weight is 288 g/mol. The van der Waals surface area contributed by atoms with Gasteiger partial charge in [0.2, 0.25) is 6.41 Å². The van der Waals surface area contributed by atoms with Crippen LogP contribution in [0.15, 0.2) is 18.3 Å². The molecule has 1 aromatic rings. The topological polar surface area (TPSA) is 56.8 Å². The highest BCUT2D eigenvalue weighted by atomic mass is 16.2. The summed E-state index contributed by atoms with van der Waals surface area (Å²) in [5.41, 5.74) is 1.58. The van der Waals surface area contributed by atoms with Gasteiger partial charge in [0, 0.05) is 39.3 Å². The Hall–Kier alpha value is -2.11. The molecule has 0 saturated carbocycles. The van der Waals surface area contributed by atoms with Gasteiger partial charge in [-0.05, 0) is 25.0 Å². The van der Waals surface area contributed by atoms with Gasteiger partial charge in [0.15, 0.2) is 0 Å². The van der Waals surface area contributed by atoms with Crippen molar-refractivity contribution < 1.29 is 9.59 Å². The molecule has 0 N–H and O–H groups in total. The van der Waals surface area contributed by atoms with Gasteiger partial charge in [0.05, 0.1) is 11.9 Å². The monoisotopic (exact) mass is 288 g/mol. The van der Waals surface area contributed by atoms with E-state index < -0.39 is 0 Å². The van der Waals surface area contributed by atoms with Crippen LogP contribution in [0.2, 0.25) is 0 Å². The van der Waals surface area contributed by atoms with Crippen molar-refractivity contribution in [1.82, 2.24) is 14.8 Å². The van der Waals surface area contributed by atoms with Gasteiger partial charge in [-0.3, -0.25) is 9.59 Å². The average Bonchev–Trinajstić information content (AvgIpc) is 3.09. The fourth-order valence-corrected chi connectivity index (χ4v) is 2.87. The zero-order chi connectivity index (χ0) is 14.7. The molecule has 21 heavy (non-hydrogen) atoms. The minimum Gasteiger partial charge on any atom is -0.370 e. The van der Waals surface area contributed by atoms with Crippen molar-refractivity contribution >= 4 is 18.0 Å². The maximum Gasteiger partial charge on any atom is 0.272 e. The van der Waals surface area contributed by atoms with Crippen molar-refractivity contribution in [2.45, 2.75) is 12.8 Å².